The van der Waals surface area contributed by atoms with Gasteiger partial charge in [0.1, 0.15) is 4.21 Å². The summed E-state index contributed by atoms with van der Waals surface area (Å²) in [6.45, 7) is -3.06. The minimum Gasteiger partial charge on any atom is -0.493 e. The standard InChI is InChI=1S/C13H12F2N2O5S2/c1-21-9-3-2-8(5-10(9)22-13(14)15)17-12(18)7-4-11(23-6-7)24(16,19)20/h2-6,13H,1H3,(H,17,18)(H2,16,19,20). The average Bonchev–Trinajstić information content (AvgIpc) is 2.97. The number of halogens is 2. The van der Waals surface area contributed by atoms with Crippen LogP contribution in [0.2, 0.25) is 0 Å². The highest BCUT2D eigenvalue weighted by atomic mass is 32.2. The lowest BCUT2D eigenvalue weighted by molar-refractivity contribution is -0.0511. The summed E-state index contributed by atoms with van der Waals surface area (Å²) in [5.74, 6) is -0.810. The van der Waals surface area contributed by atoms with Crippen molar-refractivity contribution in [2.75, 3.05) is 12.4 Å². The molecule has 0 unspecified atom stereocenters. The number of sulfonamides is 1. The Bertz CT molecular complexity index is 852. The summed E-state index contributed by atoms with van der Waals surface area (Å²) in [5.41, 5.74) is 0.232. The van der Waals surface area contributed by atoms with E-state index in [9.17, 15) is 22.0 Å². The monoisotopic (exact) mass is 378 g/mol. The van der Waals surface area contributed by atoms with E-state index in [1.54, 1.807) is 0 Å². The average molecular weight is 378 g/mol. The van der Waals surface area contributed by atoms with Gasteiger partial charge in [0.2, 0.25) is 10.0 Å². The molecule has 0 radical (unpaired) electrons. The van der Waals surface area contributed by atoms with E-state index in [1.807, 2.05) is 0 Å². The second kappa shape index (κ2) is 7.11. The number of ether oxygens (including phenoxy) is 2. The molecule has 24 heavy (non-hydrogen) atoms. The Hall–Kier alpha value is -2.24. The Kier molecular flexibility index (Phi) is 5.36. The Morgan fingerprint density at radius 3 is 2.54 bits per heavy atom. The van der Waals surface area contributed by atoms with E-state index in [0.29, 0.717) is 0 Å². The molecule has 0 aliphatic rings. The number of nitrogens with two attached hydrogens (primary N) is 1. The van der Waals surface area contributed by atoms with Crippen molar-refractivity contribution in [1.29, 1.82) is 0 Å². The van der Waals surface area contributed by atoms with Crippen LogP contribution >= 0.6 is 11.3 Å². The van der Waals surface area contributed by atoms with Crippen molar-refractivity contribution in [1.82, 2.24) is 0 Å². The third-order valence-corrected chi connectivity index (χ3v) is 5.14. The molecular weight excluding hydrogens is 366 g/mol. The van der Waals surface area contributed by atoms with Crippen molar-refractivity contribution in [2.24, 2.45) is 5.14 Å². The number of primary sulfonamides is 1. The zero-order valence-electron chi connectivity index (χ0n) is 12.2. The number of nitrogens with one attached hydrogen (secondary N) is 1. The zero-order valence-corrected chi connectivity index (χ0v) is 13.8. The smallest absolute Gasteiger partial charge is 0.387 e. The molecule has 1 heterocycles. The van der Waals surface area contributed by atoms with Gasteiger partial charge in [0.25, 0.3) is 5.91 Å². The molecule has 7 nitrogen and oxygen atoms in total. The van der Waals surface area contributed by atoms with Crippen molar-refractivity contribution in [3.63, 3.8) is 0 Å². The molecule has 130 valence electrons. The Balaban J connectivity index is 2.21. The van der Waals surface area contributed by atoms with E-state index in [2.05, 4.69) is 10.1 Å². The number of benzene rings is 1. The van der Waals surface area contributed by atoms with Crippen LogP contribution in [0.25, 0.3) is 0 Å². The first kappa shape index (κ1) is 18.1. The molecule has 0 saturated carbocycles. The highest BCUT2D eigenvalue weighted by Crippen LogP contribution is 2.31. The van der Waals surface area contributed by atoms with E-state index in [1.165, 1.54) is 24.6 Å². The number of rotatable bonds is 6. The lowest BCUT2D eigenvalue weighted by Crippen LogP contribution is -2.13. The Labute approximate surface area is 140 Å². The maximum atomic E-state index is 12.4. The second-order valence-corrected chi connectivity index (χ2v) is 7.10. The van der Waals surface area contributed by atoms with Gasteiger partial charge >= 0.3 is 6.61 Å². The maximum absolute atomic E-state index is 12.4. The molecule has 0 bridgehead atoms. The summed E-state index contributed by atoms with van der Waals surface area (Å²) in [4.78, 5) is 12.1. The first-order chi connectivity index (χ1) is 11.2. The number of alkyl halides is 2. The van der Waals surface area contributed by atoms with Crippen LogP contribution in [0.15, 0.2) is 33.9 Å². The third-order valence-electron chi connectivity index (χ3n) is 2.76. The molecule has 0 aliphatic heterocycles. The molecule has 1 aromatic heterocycles. The normalized spacial score (nSPS) is 11.4. The number of hydrogen-bond acceptors (Lipinski definition) is 6. The number of carbonyl (C=O) groups excluding carboxylic acids is 1. The number of methoxy groups -OCH3 is 1. The van der Waals surface area contributed by atoms with Crippen LogP contribution in [-0.4, -0.2) is 28.0 Å². The van der Waals surface area contributed by atoms with Crippen LogP contribution in [0.1, 0.15) is 10.4 Å². The fourth-order valence-corrected chi connectivity index (χ4v) is 3.32. The SMILES string of the molecule is COc1ccc(NC(=O)c2csc(S(N)(=O)=O)c2)cc1OC(F)F. The molecule has 3 N–H and O–H groups in total. The van der Waals surface area contributed by atoms with Gasteiger partial charge in [0.05, 0.1) is 12.7 Å². The van der Waals surface area contributed by atoms with Crippen LogP contribution < -0.4 is 19.9 Å². The predicted octanol–water partition coefficient (Wildman–Crippen LogP) is 2.26. The van der Waals surface area contributed by atoms with Gasteiger partial charge < -0.3 is 14.8 Å². The number of carbonyl (C=O) groups is 1. The minimum atomic E-state index is -3.90. The number of amides is 1. The van der Waals surface area contributed by atoms with Crippen LogP contribution in [0, 0.1) is 0 Å². The van der Waals surface area contributed by atoms with Gasteiger partial charge in [-0.05, 0) is 18.2 Å². The number of thiophene rings is 1. The highest BCUT2D eigenvalue weighted by Gasteiger charge is 2.17. The van der Waals surface area contributed by atoms with Crippen molar-refractivity contribution in [2.45, 2.75) is 10.8 Å². The Morgan fingerprint density at radius 1 is 1.29 bits per heavy atom. The summed E-state index contributed by atoms with van der Waals surface area (Å²) in [6, 6.07) is 5.05. The van der Waals surface area contributed by atoms with Gasteiger partial charge in [-0.25, -0.2) is 13.6 Å². The van der Waals surface area contributed by atoms with E-state index in [-0.39, 0.29) is 27.0 Å². The van der Waals surface area contributed by atoms with Crippen molar-refractivity contribution in [3.05, 3.63) is 35.2 Å². The van der Waals surface area contributed by atoms with Crippen LogP contribution in [-0.2, 0) is 10.0 Å². The van der Waals surface area contributed by atoms with E-state index < -0.39 is 22.5 Å². The maximum Gasteiger partial charge on any atom is 0.387 e. The largest absolute Gasteiger partial charge is 0.493 e. The first-order valence-electron chi connectivity index (χ1n) is 6.26. The molecule has 0 spiro atoms. The van der Waals surface area contributed by atoms with Gasteiger partial charge in [-0.2, -0.15) is 8.78 Å². The van der Waals surface area contributed by atoms with Gasteiger partial charge in [-0.15, -0.1) is 11.3 Å². The molecule has 0 atom stereocenters. The van der Waals surface area contributed by atoms with E-state index in [0.717, 1.165) is 23.5 Å². The molecule has 11 heteroatoms. The summed E-state index contributed by atoms with van der Waals surface area (Å²) in [7, 11) is -2.62. The van der Waals surface area contributed by atoms with Gasteiger partial charge in [0, 0.05) is 17.1 Å². The third kappa shape index (κ3) is 4.40. The van der Waals surface area contributed by atoms with Gasteiger partial charge in [-0.1, -0.05) is 0 Å². The van der Waals surface area contributed by atoms with Gasteiger partial charge in [-0.3, -0.25) is 4.79 Å². The lowest BCUT2D eigenvalue weighted by Gasteiger charge is -2.12. The molecule has 0 fully saturated rings. The predicted molar refractivity (Wildman–Crippen MR) is 83.3 cm³/mol. The van der Waals surface area contributed by atoms with E-state index in [4.69, 9.17) is 9.88 Å². The molecule has 0 aliphatic carbocycles. The molecule has 0 saturated heterocycles. The Morgan fingerprint density at radius 2 is 2.00 bits per heavy atom. The fourth-order valence-electron chi connectivity index (χ4n) is 1.73. The first-order valence-corrected chi connectivity index (χ1v) is 8.69. The topological polar surface area (TPSA) is 108 Å². The second-order valence-electron chi connectivity index (χ2n) is 4.40. The summed E-state index contributed by atoms with van der Waals surface area (Å²) in [5, 5.41) is 8.72. The fraction of sp³-hybridized carbons (Fsp3) is 0.154. The minimum absolute atomic E-state index is 0.0659. The van der Waals surface area contributed by atoms with Crippen molar-refractivity contribution in [3.8, 4) is 11.5 Å². The molecule has 2 aromatic rings. The summed E-state index contributed by atoms with van der Waals surface area (Å²) >= 11 is 0.795. The highest BCUT2D eigenvalue weighted by molar-refractivity contribution is 7.91. The quantitative estimate of drug-likeness (QED) is 0.802. The van der Waals surface area contributed by atoms with Gasteiger partial charge in [0.15, 0.2) is 11.5 Å². The molecule has 1 amide bonds. The van der Waals surface area contributed by atoms with Crippen LogP contribution in [0.4, 0.5) is 14.5 Å². The molecule has 2 rings (SSSR count). The van der Waals surface area contributed by atoms with Crippen molar-refractivity contribution >= 4 is 33.0 Å². The number of anilines is 1. The molecular formula is C13H12F2N2O5S2. The summed E-state index contributed by atoms with van der Waals surface area (Å²) in [6.07, 6.45) is 0. The van der Waals surface area contributed by atoms with Crippen LogP contribution in [0.3, 0.4) is 0 Å². The lowest BCUT2D eigenvalue weighted by atomic mass is 10.2. The summed E-state index contributed by atoms with van der Waals surface area (Å²) < 4.78 is 56.2. The van der Waals surface area contributed by atoms with E-state index >= 15 is 0 Å². The zero-order chi connectivity index (χ0) is 17.9. The number of hydrogen-bond donors (Lipinski definition) is 2. The van der Waals surface area contributed by atoms with Crippen LogP contribution in [0.5, 0.6) is 11.5 Å². The molecule has 1 aromatic carbocycles. The van der Waals surface area contributed by atoms with Crippen molar-refractivity contribution < 1.29 is 31.5 Å².